The van der Waals surface area contributed by atoms with Crippen LogP contribution in [0.2, 0.25) is 0 Å². The molecule has 1 heterocycles. The zero-order chi connectivity index (χ0) is 20.2. The molecule has 1 fully saturated rings. The first-order valence-corrected chi connectivity index (χ1v) is 10.5. The Bertz CT molecular complexity index is 769. The van der Waals surface area contributed by atoms with Gasteiger partial charge < -0.3 is 20.1 Å². The highest BCUT2D eigenvalue weighted by Crippen LogP contribution is 2.16. The Balaban J connectivity index is 1.88. The van der Waals surface area contributed by atoms with Crippen LogP contribution < -0.4 is 10.5 Å². The fourth-order valence-corrected chi connectivity index (χ4v) is 3.67. The van der Waals surface area contributed by atoms with Crippen LogP contribution in [0.15, 0.2) is 24.3 Å². The summed E-state index contributed by atoms with van der Waals surface area (Å²) in [5.41, 5.74) is 6.09. The number of carbonyl (C=O) groups is 2. The van der Waals surface area contributed by atoms with E-state index in [2.05, 4.69) is 0 Å². The molecule has 1 amide bonds. The highest BCUT2D eigenvalue weighted by atomic mass is 32.2. The summed E-state index contributed by atoms with van der Waals surface area (Å²) in [6.45, 7) is 5.59. The molecule has 0 radical (unpaired) electrons. The van der Waals surface area contributed by atoms with Crippen molar-refractivity contribution in [2.75, 3.05) is 24.6 Å². The number of esters is 1. The zero-order valence-corrected chi connectivity index (χ0v) is 16.6. The summed E-state index contributed by atoms with van der Waals surface area (Å²) in [4.78, 5) is 25.4. The summed E-state index contributed by atoms with van der Waals surface area (Å²) in [5.74, 6) is -0.242. The highest BCUT2D eigenvalue weighted by Gasteiger charge is 2.26. The van der Waals surface area contributed by atoms with Crippen LogP contribution in [0.5, 0.6) is 5.75 Å². The topological polar surface area (TPSA) is 116 Å². The van der Waals surface area contributed by atoms with E-state index in [0.717, 1.165) is 5.56 Å². The van der Waals surface area contributed by atoms with Crippen molar-refractivity contribution in [1.82, 2.24) is 4.90 Å². The molecule has 2 rings (SSSR count). The lowest BCUT2D eigenvalue weighted by atomic mass is 10.1. The van der Waals surface area contributed by atoms with E-state index in [0.29, 0.717) is 12.2 Å². The monoisotopic (exact) mass is 398 g/mol. The normalized spacial score (nSPS) is 17.9. The van der Waals surface area contributed by atoms with Gasteiger partial charge in [0.1, 0.15) is 17.4 Å². The Morgan fingerprint density at radius 3 is 2.22 bits per heavy atom. The molecule has 1 saturated heterocycles. The van der Waals surface area contributed by atoms with E-state index in [1.54, 1.807) is 45.0 Å². The van der Waals surface area contributed by atoms with E-state index in [1.807, 2.05) is 0 Å². The number of benzene rings is 1. The van der Waals surface area contributed by atoms with Gasteiger partial charge in [0.2, 0.25) is 0 Å². The van der Waals surface area contributed by atoms with Crippen molar-refractivity contribution in [3.05, 3.63) is 29.8 Å². The molecule has 0 saturated carbocycles. The van der Waals surface area contributed by atoms with E-state index in [4.69, 9.17) is 15.2 Å². The lowest BCUT2D eigenvalue weighted by Crippen LogP contribution is -2.44. The van der Waals surface area contributed by atoms with Gasteiger partial charge in [-0.05, 0) is 44.9 Å². The predicted molar refractivity (Wildman–Crippen MR) is 100 cm³/mol. The number of sulfone groups is 1. The lowest BCUT2D eigenvalue weighted by Gasteiger charge is -2.25. The average molecular weight is 398 g/mol. The van der Waals surface area contributed by atoms with Gasteiger partial charge in [-0.2, -0.15) is 0 Å². The first-order valence-electron chi connectivity index (χ1n) is 8.70. The molecule has 9 heteroatoms. The first kappa shape index (κ1) is 21.2. The van der Waals surface area contributed by atoms with Gasteiger partial charge in [-0.25, -0.2) is 13.2 Å². The quantitative estimate of drug-likeness (QED) is 0.756. The molecule has 27 heavy (non-hydrogen) atoms. The van der Waals surface area contributed by atoms with Gasteiger partial charge in [0, 0.05) is 13.1 Å². The average Bonchev–Trinajstić information content (AvgIpc) is 2.55. The maximum Gasteiger partial charge on any atom is 0.415 e. The molecule has 2 N–H and O–H groups in total. The van der Waals surface area contributed by atoms with Crippen molar-refractivity contribution >= 4 is 21.9 Å². The van der Waals surface area contributed by atoms with Gasteiger partial charge in [0.15, 0.2) is 9.84 Å². The van der Waals surface area contributed by atoms with Gasteiger partial charge in [-0.1, -0.05) is 12.1 Å². The molecule has 8 nitrogen and oxygen atoms in total. The summed E-state index contributed by atoms with van der Waals surface area (Å²) < 4.78 is 33.3. The van der Waals surface area contributed by atoms with Crippen LogP contribution in [0.1, 0.15) is 26.3 Å². The third-order valence-corrected chi connectivity index (χ3v) is 5.51. The highest BCUT2D eigenvalue weighted by molar-refractivity contribution is 7.91. The molecular weight excluding hydrogens is 372 g/mol. The number of carbonyl (C=O) groups excluding carboxylic acids is 2. The van der Waals surface area contributed by atoms with Crippen molar-refractivity contribution in [3.63, 3.8) is 0 Å². The van der Waals surface area contributed by atoms with Crippen molar-refractivity contribution < 1.29 is 27.5 Å². The summed E-state index contributed by atoms with van der Waals surface area (Å²) in [7, 11) is -3.06. The van der Waals surface area contributed by atoms with Crippen molar-refractivity contribution in [3.8, 4) is 5.75 Å². The van der Waals surface area contributed by atoms with Crippen LogP contribution >= 0.6 is 0 Å². The summed E-state index contributed by atoms with van der Waals surface area (Å²) in [6, 6.07) is 5.86. The molecule has 1 atom stereocenters. The van der Waals surface area contributed by atoms with E-state index in [1.165, 1.54) is 4.90 Å². The van der Waals surface area contributed by atoms with E-state index in [9.17, 15) is 18.0 Å². The fourth-order valence-electron chi connectivity index (χ4n) is 2.47. The van der Waals surface area contributed by atoms with Crippen LogP contribution in [0.4, 0.5) is 4.79 Å². The summed E-state index contributed by atoms with van der Waals surface area (Å²) in [5, 5.41) is 0. The molecule has 0 aliphatic carbocycles. The third-order valence-electron chi connectivity index (χ3n) is 3.90. The van der Waals surface area contributed by atoms with E-state index < -0.39 is 33.5 Å². The summed E-state index contributed by atoms with van der Waals surface area (Å²) >= 11 is 0. The minimum Gasteiger partial charge on any atom is -0.459 e. The standard InChI is InChI=1S/C18H26N2O6S/c1-18(2,3)26-16(21)15(19)12-13-4-6-14(7-5-13)25-17(22)20-8-10-27(23,24)11-9-20/h4-7,15H,8-12,19H2,1-3H3/t15-/m0/s1. The van der Waals surface area contributed by atoms with E-state index in [-0.39, 0.29) is 24.6 Å². The number of amides is 1. The summed E-state index contributed by atoms with van der Waals surface area (Å²) in [6.07, 6.45) is -0.282. The minimum atomic E-state index is -3.06. The number of hydrogen-bond acceptors (Lipinski definition) is 7. The lowest BCUT2D eigenvalue weighted by molar-refractivity contribution is -0.156. The fraction of sp³-hybridized carbons (Fsp3) is 0.556. The first-order chi connectivity index (χ1) is 12.5. The van der Waals surface area contributed by atoms with Crippen molar-refractivity contribution in [2.24, 2.45) is 5.73 Å². The van der Waals surface area contributed by atoms with Gasteiger partial charge >= 0.3 is 12.1 Å². The maximum absolute atomic E-state index is 12.1. The number of nitrogens with zero attached hydrogens (tertiary/aromatic N) is 1. The molecule has 1 aliphatic heterocycles. The number of ether oxygens (including phenoxy) is 2. The van der Waals surface area contributed by atoms with Crippen molar-refractivity contribution in [2.45, 2.75) is 38.8 Å². The molecule has 0 bridgehead atoms. The Labute approximate surface area is 159 Å². The molecular formula is C18H26N2O6S. The maximum atomic E-state index is 12.1. The SMILES string of the molecule is CC(C)(C)OC(=O)[C@@H](N)Cc1ccc(OC(=O)N2CCS(=O)(=O)CC2)cc1. The van der Waals surface area contributed by atoms with Crippen LogP contribution in [0, 0.1) is 0 Å². The predicted octanol–water partition coefficient (Wildman–Crippen LogP) is 1.13. The van der Waals surface area contributed by atoms with E-state index >= 15 is 0 Å². The number of nitrogens with two attached hydrogens (primary N) is 1. The van der Waals surface area contributed by atoms with Crippen LogP contribution in [0.25, 0.3) is 0 Å². The second-order valence-electron chi connectivity index (χ2n) is 7.49. The Hall–Kier alpha value is -2.13. The molecule has 1 aromatic rings. The molecule has 1 aliphatic rings. The smallest absolute Gasteiger partial charge is 0.415 e. The van der Waals surface area contributed by atoms with Gasteiger partial charge in [-0.3, -0.25) is 4.79 Å². The number of rotatable bonds is 4. The second kappa shape index (κ2) is 8.26. The molecule has 0 aromatic heterocycles. The largest absolute Gasteiger partial charge is 0.459 e. The van der Waals surface area contributed by atoms with Gasteiger partial charge in [0.05, 0.1) is 11.5 Å². The van der Waals surface area contributed by atoms with Crippen LogP contribution in [0.3, 0.4) is 0 Å². The second-order valence-corrected chi connectivity index (χ2v) is 9.80. The van der Waals surface area contributed by atoms with Gasteiger partial charge in [-0.15, -0.1) is 0 Å². The Morgan fingerprint density at radius 1 is 1.15 bits per heavy atom. The molecule has 0 unspecified atom stereocenters. The Kier molecular flexibility index (Phi) is 6.48. The van der Waals surface area contributed by atoms with Gasteiger partial charge in [0.25, 0.3) is 0 Å². The molecule has 1 aromatic carbocycles. The third kappa shape index (κ3) is 6.84. The van der Waals surface area contributed by atoms with Crippen LogP contribution in [-0.4, -0.2) is 61.6 Å². The van der Waals surface area contributed by atoms with Crippen molar-refractivity contribution in [1.29, 1.82) is 0 Å². The molecule has 150 valence electrons. The minimum absolute atomic E-state index is 0.0520. The Morgan fingerprint density at radius 2 is 1.70 bits per heavy atom. The number of hydrogen-bond donors (Lipinski definition) is 1. The molecule has 0 spiro atoms. The van der Waals surface area contributed by atoms with Crippen LogP contribution in [-0.2, 0) is 25.8 Å². The zero-order valence-electron chi connectivity index (χ0n) is 15.8.